The molecule has 2 N–H and O–H groups in total. The quantitative estimate of drug-likeness (QED) is 0.547. The Balaban J connectivity index is 2.06. The number of carbonyl (C=O) groups excluding carboxylic acids is 1. The predicted molar refractivity (Wildman–Crippen MR) is 106 cm³/mol. The standard InChI is InChI=1S/C20H32O7Si/c1-20(2,3)28(5,6)25-12-14-15(21)16(22)17(19(24-4)26-14)27-18(23)13-10-8-7-9-11-13/h7-11,14-17,19,21-22H,12H2,1-6H3/t14-,15-,16+,17-,19+/m1/s1. The zero-order chi connectivity index (χ0) is 21.1. The lowest BCUT2D eigenvalue weighted by atomic mass is 9.99. The van der Waals surface area contributed by atoms with Crippen LogP contribution in [0.3, 0.4) is 0 Å². The minimum absolute atomic E-state index is 0.000355. The number of benzene rings is 1. The van der Waals surface area contributed by atoms with Crippen LogP contribution in [0.1, 0.15) is 31.1 Å². The van der Waals surface area contributed by atoms with Crippen LogP contribution in [-0.2, 0) is 18.6 Å². The smallest absolute Gasteiger partial charge is 0.338 e. The molecule has 0 saturated carbocycles. The van der Waals surface area contributed by atoms with E-state index in [2.05, 4.69) is 33.9 Å². The summed E-state index contributed by atoms with van der Waals surface area (Å²) in [5.41, 5.74) is 0.336. The zero-order valence-corrected chi connectivity index (χ0v) is 18.4. The van der Waals surface area contributed by atoms with E-state index in [9.17, 15) is 15.0 Å². The average Bonchev–Trinajstić information content (AvgIpc) is 2.64. The van der Waals surface area contributed by atoms with Crippen molar-refractivity contribution in [1.29, 1.82) is 0 Å². The molecule has 28 heavy (non-hydrogen) atoms. The summed E-state index contributed by atoms with van der Waals surface area (Å²) in [6, 6.07) is 8.41. The van der Waals surface area contributed by atoms with Crippen LogP contribution in [-0.4, -0.2) is 68.9 Å². The van der Waals surface area contributed by atoms with Crippen LogP contribution in [0.15, 0.2) is 30.3 Å². The normalized spacial score (nSPS) is 28.8. The maximum absolute atomic E-state index is 12.3. The number of esters is 1. The van der Waals surface area contributed by atoms with Crippen molar-refractivity contribution in [3.05, 3.63) is 35.9 Å². The number of aliphatic hydroxyl groups is 2. The molecule has 8 heteroatoms. The first-order valence-corrected chi connectivity index (χ1v) is 12.3. The number of methoxy groups -OCH3 is 1. The van der Waals surface area contributed by atoms with Crippen molar-refractivity contribution in [2.75, 3.05) is 13.7 Å². The summed E-state index contributed by atoms with van der Waals surface area (Å²) >= 11 is 0. The summed E-state index contributed by atoms with van der Waals surface area (Å²) in [7, 11) is -0.666. The van der Waals surface area contributed by atoms with Crippen LogP contribution in [0, 0.1) is 0 Å². The number of hydrogen-bond donors (Lipinski definition) is 2. The van der Waals surface area contributed by atoms with Crippen molar-refractivity contribution < 1.29 is 33.6 Å². The van der Waals surface area contributed by atoms with E-state index >= 15 is 0 Å². The molecular weight excluding hydrogens is 380 g/mol. The number of aliphatic hydroxyl groups excluding tert-OH is 2. The molecule has 0 aromatic heterocycles. The fraction of sp³-hybridized carbons (Fsp3) is 0.650. The highest BCUT2D eigenvalue weighted by molar-refractivity contribution is 6.74. The lowest BCUT2D eigenvalue weighted by Crippen LogP contribution is -2.61. The Kier molecular flexibility index (Phi) is 7.41. The average molecular weight is 413 g/mol. The number of carbonyl (C=O) groups is 1. The summed E-state index contributed by atoms with van der Waals surface area (Å²) in [4.78, 5) is 12.3. The summed E-state index contributed by atoms with van der Waals surface area (Å²) in [5, 5.41) is 21.1. The first kappa shape index (κ1) is 23.0. The molecular formula is C20H32O7Si. The molecule has 2 rings (SSSR count). The Hall–Kier alpha value is -1.29. The molecule has 0 spiro atoms. The third-order valence-corrected chi connectivity index (χ3v) is 10.0. The van der Waals surface area contributed by atoms with Gasteiger partial charge in [-0.1, -0.05) is 39.0 Å². The van der Waals surface area contributed by atoms with Gasteiger partial charge in [0.2, 0.25) is 0 Å². The Bertz CT molecular complexity index is 642. The molecule has 0 aliphatic carbocycles. The molecule has 158 valence electrons. The summed E-state index contributed by atoms with van der Waals surface area (Å²) in [5.74, 6) is -0.626. The van der Waals surface area contributed by atoms with E-state index in [4.69, 9.17) is 18.6 Å². The minimum Gasteiger partial charge on any atom is -0.450 e. The van der Waals surface area contributed by atoms with Gasteiger partial charge in [0.25, 0.3) is 0 Å². The van der Waals surface area contributed by atoms with Gasteiger partial charge in [-0.2, -0.15) is 0 Å². The summed E-state index contributed by atoms with van der Waals surface area (Å²) < 4.78 is 22.5. The van der Waals surface area contributed by atoms with Crippen LogP contribution in [0.25, 0.3) is 0 Å². The highest BCUT2D eigenvalue weighted by Crippen LogP contribution is 2.37. The van der Waals surface area contributed by atoms with Crippen LogP contribution in [0.5, 0.6) is 0 Å². The Morgan fingerprint density at radius 1 is 1.14 bits per heavy atom. The van der Waals surface area contributed by atoms with Crippen LogP contribution < -0.4 is 0 Å². The molecule has 1 fully saturated rings. The van der Waals surface area contributed by atoms with Gasteiger partial charge in [0, 0.05) is 7.11 Å². The third-order valence-electron chi connectivity index (χ3n) is 5.54. The number of rotatable bonds is 6. The molecule has 1 heterocycles. The minimum atomic E-state index is -2.06. The van der Waals surface area contributed by atoms with E-state index in [-0.39, 0.29) is 11.6 Å². The highest BCUT2D eigenvalue weighted by Gasteiger charge is 2.48. The van der Waals surface area contributed by atoms with E-state index < -0.39 is 45.0 Å². The maximum atomic E-state index is 12.3. The fourth-order valence-corrected chi connectivity index (χ4v) is 3.65. The zero-order valence-electron chi connectivity index (χ0n) is 17.4. The van der Waals surface area contributed by atoms with Crippen molar-refractivity contribution >= 4 is 14.3 Å². The van der Waals surface area contributed by atoms with Gasteiger partial charge in [0.1, 0.15) is 18.3 Å². The van der Waals surface area contributed by atoms with E-state index in [0.717, 1.165) is 0 Å². The van der Waals surface area contributed by atoms with Crippen molar-refractivity contribution in [2.24, 2.45) is 0 Å². The van der Waals surface area contributed by atoms with E-state index in [1.54, 1.807) is 30.3 Å². The van der Waals surface area contributed by atoms with Crippen molar-refractivity contribution in [2.45, 2.75) is 69.6 Å². The molecule has 0 unspecified atom stereocenters. The second-order valence-electron chi connectivity index (χ2n) is 8.57. The van der Waals surface area contributed by atoms with Crippen molar-refractivity contribution in [3.8, 4) is 0 Å². The molecule has 0 bridgehead atoms. The van der Waals surface area contributed by atoms with Gasteiger partial charge in [-0.25, -0.2) is 4.79 Å². The Morgan fingerprint density at radius 3 is 2.29 bits per heavy atom. The van der Waals surface area contributed by atoms with Crippen LogP contribution >= 0.6 is 0 Å². The summed E-state index contributed by atoms with van der Waals surface area (Å²) in [6.45, 7) is 10.7. The van der Waals surface area contributed by atoms with Crippen LogP contribution in [0.4, 0.5) is 0 Å². The summed E-state index contributed by atoms with van der Waals surface area (Å²) in [6.07, 6.45) is -5.60. The molecule has 0 radical (unpaired) electrons. The molecule has 5 atom stereocenters. The molecule has 0 amide bonds. The molecule has 7 nitrogen and oxygen atoms in total. The SMILES string of the molecule is CO[C@H]1O[C@H](CO[Si](C)(C)C(C)(C)C)[C@@H](O)[C@H](O)[C@H]1OC(=O)c1ccccc1. The third kappa shape index (κ3) is 5.19. The topological polar surface area (TPSA) is 94.5 Å². The first-order valence-electron chi connectivity index (χ1n) is 9.42. The first-order chi connectivity index (χ1) is 13.0. The molecule has 1 aliphatic rings. The molecule has 1 aromatic carbocycles. The number of hydrogen-bond acceptors (Lipinski definition) is 7. The lowest BCUT2D eigenvalue weighted by Gasteiger charge is -2.43. The van der Waals surface area contributed by atoms with E-state index in [1.165, 1.54) is 7.11 Å². The number of ether oxygens (including phenoxy) is 3. The fourth-order valence-electron chi connectivity index (χ4n) is 2.63. The van der Waals surface area contributed by atoms with E-state index in [1.807, 2.05) is 0 Å². The second kappa shape index (κ2) is 9.02. The Labute approximate surface area is 167 Å². The molecule has 1 saturated heterocycles. The van der Waals surface area contributed by atoms with Gasteiger partial charge in [0.05, 0.1) is 12.2 Å². The van der Waals surface area contributed by atoms with Crippen molar-refractivity contribution in [3.63, 3.8) is 0 Å². The highest BCUT2D eigenvalue weighted by atomic mass is 28.4. The van der Waals surface area contributed by atoms with Gasteiger partial charge in [-0.05, 0) is 30.3 Å². The lowest BCUT2D eigenvalue weighted by molar-refractivity contribution is -0.292. The maximum Gasteiger partial charge on any atom is 0.338 e. The molecule has 1 aliphatic heterocycles. The predicted octanol–water partition coefficient (Wildman–Crippen LogP) is 2.33. The van der Waals surface area contributed by atoms with Gasteiger partial charge in [-0.3, -0.25) is 0 Å². The van der Waals surface area contributed by atoms with E-state index in [0.29, 0.717) is 5.56 Å². The van der Waals surface area contributed by atoms with Crippen LogP contribution in [0.2, 0.25) is 18.1 Å². The Morgan fingerprint density at radius 2 is 1.75 bits per heavy atom. The van der Waals surface area contributed by atoms with Gasteiger partial charge >= 0.3 is 5.97 Å². The molecule has 1 aromatic rings. The van der Waals surface area contributed by atoms with Gasteiger partial charge in [-0.15, -0.1) is 0 Å². The van der Waals surface area contributed by atoms with Gasteiger partial charge < -0.3 is 28.8 Å². The monoisotopic (exact) mass is 412 g/mol. The largest absolute Gasteiger partial charge is 0.450 e. The van der Waals surface area contributed by atoms with Gasteiger partial charge in [0.15, 0.2) is 20.7 Å². The van der Waals surface area contributed by atoms with Crippen molar-refractivity contribution in [1.82, 2.24) is 0 Å². The second-order valence-corrected chi connectivity index (χ2v) is 13.4.